The Balaban J connectivity index is 1.58. The number of carbonyl (C=O) groups is 1. The molecule has 1 amide bonds. The van der Waals surface area contributed by atoms with Gasteiger partial charge in [-0.3, -0.25) is 10.1 Å². The number of carbonyl (C=O) groups excluding carboxylic acids is 1. The molecule has 4 aromatic rings. The van der Waals surface area contributed by atoms with Crippen LogP contribution in [0.4, 0.5) is 18.9 Å². The number of halogens is 4. The second-order valence-corrected chi connectivity index (χ2v) is 8.41. The van der Waals surface area contributed by atoms with E-state index in [2.05, 4.69) is 15.6 Å². The largest absolute Gasteiger partial charge is 0.418 e. The fourth-order valence-electron chi connectivity index (χ4n) is 3.73. The van der Waals surface area contributed by atoms with Crippen LogP contribution in [0.1, 0.15) is 35.7 Å². The molecule has 1 heterocycles. The molecule has 35 heavy (non-hydrogen) atoms. The topological polar surface area (TPSA) is 59.0 Å². The molecule has 0 fully saturated rings. The number of nitrogens with zero attached hydrogens (tertiary/aromatic N) is 2. The van der Waals surface area contributed by atoms with Crippen molar-refractivity contribution in [1.29, 1.82) is 0 Å². The summed E-state index contributed by atoms with van der Waals surface area (Å²) < 4.78 is 42.5. The van der Waals surface area contributed by atoms with Gasteiger partial charge in [0.05, 0.1) is 17.6 Å². The lowest BCUT2D eigenvalue weighted by atomic mass is 10.0. The smallest absolute Gasteiger partial charge is 0.324 e. The second kappa shape index (κ2) is 10.3. The fraction of sp³-hybridized carbons (Fsp3) is 0.154. The molecule has 1 aromatic heterocycles. The van der Waals surface area contributed by atoms with E-state index in [0.29, 0.717) is 5.56 Å². The van der Waals surface area contributed by atoms with Crippen LogP contribution in [0.5, 0.6) is 0 Å². The van der Waals surface area contributed by atoms with Crippen molar-refractivity contribution in [2.24, 2.45) is 0 Å². The Kier molecular flexibility index (Phi) is 7.23. The maximum atomic E-state index is 13.5. The zero-order valence-corrected chi connectivity index (χ0v) is 19.4. The first-order valence-corrected chi connectivity index (χ1v) is 11.2. The van der Waals surface area contributed by atoms with E-state index in [4.69, 9.17) is 11.6 Å². The SMILES string of the molecule is C[C@H](N[C@H](C(=O)Nc1ccc(Cl)cc1C(F)(F)F)c1ccccc1)c1ccc(-n2ccnc2)cc1. The van der Waals surface area contributed by atoms with E-state index in [0.717, 1.165) is 23.4 Å². The first kappa shape index (κ1) is 24.5. The summed E-state index contributed by atoms with van der Waals surface area (Å²) in [5, 5.41) is 5.62. The van der Waals surface area contributed by atoms with Gasteiger partial charge in [0, 0.05) is 29.1 Å². The molecule has 0 aliphatic rings. The van der Waals surface area contributed by atoms with Crippen molar-refractivity contribution in [2.45, 2.75) is 25.2 Å². The Morgan fingerprint density at radius 1 is 1.00 bits per heavy atom. The number of aromatic nitrogens is 2. The van der Waals surface area contributed by atoms with Crippen molar-refractivity contribution >= 4 is 23.2 Å². The summed E-state index contributed by atoms with van der Waals surface area (Å²) in [6.07, 6.45) is 0.538. The highest BCUT2D eigenvalue weighted by molar-refractivity contribution is 6.30. The van der Waals surface area contributed by atoms with Crippen LogP contribution in [0, 0.1) is 0 Å². The number of anilines is 1. The number of hydrogen-bond donors (Lipinski definition) is 2. The van der Waals surface area contributed by atoms with Gasteiger partial charge in [0.2, 0.25) is 5.91 Å². The van der Waals surface area contributed by atoms with Crippen molar-refractivity contribution in [3.05, 3.63) is 113 Å². The quantitative estimate of drug-likeness (QED) is 0.303. The number of amides is 1. The monoisotopic (exact) mass is 498 g/mol. The predicted octanol–water partition coefficient (Wildman–Crippen LogP) is 6.58. The maximum Gasteiger partial charge on any atom is 0.418 e. The molecule has 5 nitrogen and oxygen atoms in total. The molecule has 0 saturated carbocycles. The molecule has 0 unspecified atom stereocenters. The fourth-order valence-corrected chi connectivity index (χ4v) is 3.90. The number of benzene rings is 3. The van der Waals surface area contributed by atoms with Gasteiger partial charge < -0.3 is 9.88 Å². The zero-order chi connectivity index (χ0) is 25.0. The lowest BCUT2D eigenvalue weighted by molar-refractivity contribution is -0.137. The Morgan fingerprint density at radius 3 is 2.34 bits per heavy atom. The van der Waals surface area contributed by atoms with Gasteiger partial charge in [-0.25, -0.2) is 4.98 Å². The molecule has 0 saturated heterocycles. The normalized spacial score (nSPS) is 13.3. The van der Waals surface area contributed by atoms with Gasteiger partial charge in [-0.05, 0) is 48.4 Å². The lowest BCUT2D eigenvalue weighted by Gasteiger charge is -2.24. The Morgan fingerprint density at radius 2 is 1.71 bits per heavy atom. The minimum Gasteiger partial charge on any atom is -0.324 e. The van der Waals surface area contributed by atoms with Crippen molar-refractivity contribution < 1.29 is 18.0 Å². The van der Waals surface area contributed by atoms with Crippen LogP contribution >= 0.6 is 11.6 Å². The highest BCUT2D eigenvalue weighted by atomic mass is 35.5. The summed E-state index contributed by atoms with van der Waals surface area (Å²) in [5.41, 5.74) is 1.10. The van der Waals surface area contributed by atoms with E-state index < -0.39 is 23.7 Å². The van der Waals surface area contributed by atoms with E-state index in [9.17, 15) is 18.0 Å². The van der Waals surface area contributed by atoms with Crippen LogP contribution in [0.2, 0.25) is 5.02 Å². The third-order valence-corrected chi connectivity index (χ3v) is 5.79. The van der Waals surface area contributed by atoms with Crippen LogP contribution in [-0.4, -0.2) is 15.5 Å². The van der Waals surface area contributed by atoms with Crippen LogP contribution in [-0.2, 0) is 11.0 Å². The lowest BCUT2D eigenvalue weighted by Crippen LogP contribution is -2.35. The highest BCUT2D eigenvalue weighted by Gasteiger charge is 2.35. The van der Waals surface area contributed by atoms with Gasteiger partial charge in [0.1, 0.15) is 6.04 Å². The minimum absolute atomic E-state index is 0.0687. The van der Waals surface area contributed by atoms with Gasteiger partial charge in [0.15, 0.2) is 0 Å². The number of alkyl halides is 3. The number of rotatable bonds is 7. The summed E-state index contributed by atoms with van der Waals surface area (Å²) in [5.74, 6) is -0.620. The maximum absolute atomic E-state index is 13.5. The minimum atomic E-state index is -4.67. The van der Waals surface area contributed by atoms with Crippen molar-refractivity contribution in [3.8, 4) is 5.69 Å². The molecule has 3 aromatic carbocycles. The Hall–Kier alpha value is -3.62. The standard InChI is InChI=1S/C26H22ClF3N4O/c1-17(18-7-10-21(11-8-18)34-14-13-31-16-34)32-24(19-5-3-2-4-6-19)25(35)33-23-12-9-20(27)15-22(23)26(28,29)30/h2-17,24,32H,1H3,(H,33,35)/t17-,24-/m0/s1. The van der Waals surface area contributed by atoms with Crippen LogP contribution in [0.15, 0.2) is 91.5 Å². The molecule has 2 N–H and O–H groups in total. The number of hydrogen-bond acceptors (Lipinski definition) is 3. The van der Waals surface area contributed by atoms with E-state index in [1.165, 1.54) is 6.07 Å². The molecule has 0 aliphatic heterocycles. The molecular formula is C26H22ClF3N4O. The van der Waals surface area contributed by atoms with Gasteiger partial charge in [0.25, 0.3) is 0 Å². The van der Waals surface area contributed by atoms with E-state index in [-0.39, 0.29) is 16.8 Å². The van der Waals surface area contributed by atoms with Crippen LogP contribution in [0.3, 0.4) is 0 Å². The van der Waals surface area contributed by atoms with E-state index >= 15 is 0 Å². The van der Waals surface area contributed by atoms with E-state index in [1.807, 2.05) is 42.0 Å². The first-order valence-electron chi connectivity index (χ1n) is 10.8. The Labute approximate surface area is 205 Å². The summed E-state index contributed by atoms with van der Waals surface area (Å²) in [7, 11) is 0. The zero-order valence-electron chi connectivity index (χ0n) is 18.6. The van der Waals surface area contributed by atoms with Crippen molar-refractivity contribution in [2.75, 3.05) is 5.32 Å². The molecular weight excluding hydrogens is 477 g/mol. The summed E-state index contributed by atoms with van der Waals surface area (Å²) in [4.78, 5) is 17.3. The van der Waals surface area contributed by atoms with Crippen molar-refractivity contribution in [1.82, 2.24) is 14.9 Å². The van der Waals surface area contributed by atoms with Crippen molar-refractivity contribution in [3.63, 3.8) is 0 Å². The van der Waals surface area contributed by atoms with Gasteiger partial charge in [-0.1, -0.05) is 54.1 Å². The molecule has 0 spiro atoms. The molecule has 2 atom stereocenters. The van der Waals surface area contributed by atoms with Crippen LogP contribution < -0.4 is 10.6 Å². The molecule has 0 bridgehead atoms. The third kappa shape index (κ3) is 5.90. The third-order valence-electron chi connectivity index (χ3n) is 5.55. The van der Waals surface area contributed by atoms with E-state index in [1.54, 1.807) is 42.9 Å². The molecule has 0 aliphatic carbocycles. The average molecular weight is 499 g/mol. The summed E-state index contributed by atoms with van der Waals surface area (Å²) in [6.45, 7) is 1.89. The molecule has 0 radical (unpaired) electrons. The summed E-state index contributed by atoms with van der Waals surface area (Å²) in [6, 6.07) is 18.6. The molecule has 4 rings (SSSR count). The second-order valence-electron chi connectivity index (χ2n) is 7.97. The predicted molar refractivity (Wildman–Crippen MR) is 129 cm³/mol. The van der Waals surface area contributed by atoms with Gasteiger partial charge in [-0.2, -0.15) is 13.2 Å². The Bertz CT molecular complexity index is 1280. The highest BCUT2D eigenvalue weighted by Crippen LogP contribution is 2.37. The average Bonchev–Trinajstić information content (AvgIpc) is 3.38. The van der Waals surface area contributed by atoms with Gasteiger partial charge in [-0.15, -0.1) is 0 Å². The molecule has 180 valence electrons. The number of nitrogens with one attached hydrogen (secondary N) is 2. The first-order chi connectivity index (χ1) is 16.7. The van der Waals surface area contributed by atoms with Gasteiger partial charge >= 0.3 is 6.18 Å². The van der Waals surface area contributed by atoms with Crippen LogP contribution in [0.25, 0.3) is 5.69 Å². The summed E-state index contributed by atoms with van der Waals surface area (Å²) >= 11 is 5.77. The molecule has 9 heteroatoms. The number of imidazole rings is 1.